The molecule has 7 heteroatoms. The van der Waals surface area contributed by atoms with Gasteiger partial charge in [0.1, 0.15) is 19.3 Å². The molecule has 0 bridgehead atoms. The van der Waals surface area contributed by atoms with Crippen molar-refractivity contribution in [1.29, 1.82) is 0 Å². The number of ether oxygens (including phenoxy) is 2. The lowest BCUT2D eigenvalue weighted by molar-refractivity contribution is -0.138. The Kier molecular flexibility index (Phi) is 4.39. The third-order valence-corrected chi connectivity index (χ3v) is 4.18. The number of benzene rings is 1. The first-order valence-corrected chi connectivity index (χ1v) is 8.01. The highest BCUT2D eigenvalue weighted by molar-refractivity contribution is 5.98. The molecule has 132 valence electrons. The van der Waals surface area contributed by atoms with Crippen molar-refractivity contribution in [3.63, 3.8) is 0 Å². The molecule has 3 rings (SSSR count). The summed E-state index contributed by atoms with van der Waals surface area (Å²) in [4.78, 5) is 23.3. The monoisotopic (exact) mass is 344 g/mol. The lowest BCUT2D eigenvalue weighted by Crippen LogP contribution is -2.38. The SMILES string of the molecule is Cc1cc(C(=O)NC(C)C(=O)O)c(C)n1-c1ccc2c(c1)OCCO2. The van der Waals surface area contributed by atoms with Crippen molar-refractivity contribution in [3.8, 4) is 17.2 Å². The summed E-state index contributed by atoms with van der Waals surface area (Å²) in [5.74, 6) is -0.117. The maximum absolute atomic E-state index is 12.4. The summed E-state index contributed by atoms with van der Waals surface area (Å²) in [6.45, 7) is 6.17. The van der Waals surface area contributed by atoms with Gasteiger partial charge in [0, 0.05) is 23.1 Å². The van der Waals surface area contributed by atoms with E-state index in [4.69, 9.17) is 14.6 Å². The summed E-state index contributed by atoms with van der Waals surface area (Å²) < 4.78 is 13.1. The van der Waals surface area contributed by atoms with Crippen LogP contribution in [0.1, 0.15) is 28.7 Å². The minimum absolute atomic E-state index is 0.410. The highest BCUT2D eigenvalue weighted by atomic mass is 16.6. The fraction of sp³-hybridized carbons (Fsp3) is 0.333. The van der Waals surface area contributed by atoms with Crippen LogP contribution < -0.4 is 14.8 Å². The lowest BCUT2D eigenvalue weighted by Gasteiger charge is -2.20. The zero-order valence-corrected chi connectivity index (χ0v) is 14.3. The van der Waals surface area contributed by atoms with Crippen molar-refractivity contribution in [2.45, 2.75) is 26.8 Å². The molecule has 1 atom stereocenters. The van der Waals surface area contributed by atoms with Gasteiger partial charge in [-0.1, -0.05) is 0 Å². The van der Waals surface area contributed by atoms with Crippen LogP contribution in [-0.2, 0) is 4.79 Å². The molecule has 0 saturated heterocycles. The number of aromatic nitrogens is 1. The number of fused-ring (bicyclic) bond motifs is 1. The maximum atomic E-state index is 12.4. The number of hydrogen-bond acceptors (Lipinski definition) is 4. The number of nitrogens with one attached hydrogen (secondary N) is 1. The van der Waals surface area contributed by atoms with Crippen molar-refractivity contribution < 1.29 is 24.2 Å². The Hall–Kier alpha value is -2.96. The van der Waals surface area contributed by atoms with E-state index in [-0.39, 0.29) is 0 Å². The van der Waals surface area contributed by atoms with Crippen LogP contribution in [0.3, 0.4) is 0 Å². The predicted octanol–water partition coefficient (Wildman–Crippen LogP) is 2.07. The molecule has 1 aliphatic heterocycles. The molecule has 1 aliphatic rings. The normalized spacial score (nSPS) is 14.0. The van der Waals surface area contributed by atoms with Gasteiger partial charge in [0.2, 0.25) is 0 Å². The fourth-order valence-electron chi connectivity index (χ4n) is 2.90. The summed E-state index contributed by atoms with van der Waals surface area (Å²) >= 11 is 0. The third-order valence-electron chi connectivity index (χ3n) is 4.18. The van der Waals surface area contributed by atoms with E-state index in [0.717, 1.165) is 17.1 Å². The summed E-state index contributed by atoms with van der Waals surface area (Å²) in [6.07, 6.45) is 0. The molecule has 0 spiro atoms. The second kappa shape index (κ2) is 6.51. The average Bonchev–Trinajstić information content (AvgIpc) is 2.89. The topological polar surface area (TPSA) is 89.8 Å². The minimum Gasteiger partial charge on any atom is -0.486 e. The first-order chi connectivity index (χ1) is 11.9. The Bertz CT molecular complexity index is 840. The van der Waals surface area contributed by atoms with E-state index in [1.807, 2.05) is 36.6 Å². The highest BCUT2D eigenvalue weighted by Crippen LogP contribution is 2.33. The molecule has 0 aliphatic carbocycles. The van der Waals surface area contributed by atoms with Gasteiger partial charge in [-0.25, -0.2) is 0 Å². The van der Waals surface area contributed by atoms with E-state index in [1.165, 1.54) is 6.92 Å². The third kappa shape index (κ3) is 3.17. The number of rotatable bonds is 4. The molecule has 25 heavy (non-hydrogen) atoms. The molecular weight excluding hydrogens is 324 g/mol. The summed E-state index contributed by atoms with van der Waals surface area (Å²) in [5.41, 5.74) is 2.89. The van der Waals surface area contributed by atoms with E-state index in [9.17, 15) is 9.59 Å². The van der Waals surface area contributed by atoms with Crippen LogP contribution in [0, 0.1) is 13.8 Å². The number of aliphatic carboxylic acids is 1. The first kappa shape index (κ1) is 16.9. The quantitative estimate of drug-likeness (QED) is 0.886. The fourth-order valence-corrected chi connectivity index (χ4v) is 2.90. The van der Waals surface area contributed by atoms with E-state index in [0.29, 0.717) is 30.3 Å². The Balaban J connectivity index is 1.95. The molecule has 0 saturated carbocycles. The Morgan fingerprint density at radius 3 is 2.52 bits per heavy atom. The Labute approximate surface area is 145 Å². The second-order valence-electron chi connectivity index (χ2n) is 5.98. The van der Waals surface area contributed by atoms with Gasteiger partial charge < -0.3 is 24.5 Å². The van der Waals surface area contributed by atoms with Crippen molar-refractivity contribution in [3.05, 3.63) is 41.2 Å². The van der Waals surface area contributed by atoms with Crippen molar-refractivity contribution >= 4 is 11.9 Å². The van der Waals surface area contributed by atoms with Crippen LogP contribution in [0.5, 0.6) is 11.5 Å². The largest absolute Gasteiger partial charge is 0.486 e. The molecule has 0 radical (unpaired) electrons. The number of carbonyl (C=O) groups is 2. The lowest BCUT2D eigenvalue weighted by atomic mass is 10.2. The van der Waals surface area contributed by atoms with Gasteiger partial charge in [0.05, 0.1) is 5.56 Å². The standard InChI is InChI=1S/C18H20N2O5/c1-10-8-14(17(21)19-11(2)18(22)23)12(3)20(10)13-4-5-15-16(9-13)25-7-6-24-15/h4-5,8-9,11H,6-7H2,1-3H3,(H,19,21)(H,22,23). The molecule has 1 aromatic carbocycles. The molecule has 1 amide bonds. The van der Waals surface area contributed by atoms with Gasteiger partial charge in [-0.3, -0.25) is 9.59 Å². The highest BCUT2D eigenvalue weighted by Gasteiger charge is 2.21. The molecule has 1 aromatic heterocycles. The van der Waals surface area contributed by atoms with Crippen molar-refractivity contribution in [1.82, 2.24) is 9.88 Å². The van der Waals surface area contributed by atoms with Crippen LogP contribution >= 0.6 is 0 Å². The van der Waals surface area contributed by atoms with E-state index < -0.39 is 17.9 Å². The van der Waals surface area contributed by atoms with Crippen molar-refractivity contribution in [2.24, 2.45) is 0 Å². The van der Waals surface area contributed by atoms with Gasteiger partial charge >= 0.3 is 5.97 Å². The molecule has 2 N–H and O–H groups in total. The number of carboxylic acids is 1. The zero-order valence-electron chi connectivity index (χ0n) is 14.3. The summed E-state index contributed by atoms with van der Waals surface area (Å²) in [5, 5.41) is 11.4. The first-order valence-electron chi connectivity index (χ1n) is 8.01. The average molecular weight is 344 g/mol. The van der Waals surface area contributed by atoms with E-state index in [2.05, 4.69) is 5.32 Å². The van der Waals surface area contributed by atoms with Crippen LogP contribution in [0.2, 0.25) is 0 Å². The molecule has 1 unspecified atom stereocenters. The molecule has 0 fully saturated rings. The second-order valence-corrected chi connectivity index (χ2v) is 5.98. The molecule has 2 heterocycles. The number of carboxylic acid groups (broad SMARTS) is 1. The van der Waals surface area contributed by atoms with Gasteiger partial charge in [-0.15, -0.1) is 0 Å². The van der Waals surface area contributed by atoms with E-state index in [1.54, 1.807) is 6.07 Å². The van der Waals surface area contributed by atoms with Crippen LogP contribution in [0.15, 0.2) is 24.3 Å². The van der Waals surface area contributed by atoms with Crippen molar-refractivity contribution in [2.75, 3.05) is 13.2 Å². The minimum atomic E-state index is -1.08. The molecule has 2 aromatic rings. The van der Waals surface area contributed by atoms with Gasteiger partial charge in [-0.05, 0) is 39.0 Å². The predicted molar refractivity (Wildman–Crippen MR) is 90.8 cm³/mol. The molecule has 7 nitrogen and oxygen atoms in total. The Morgan fingerprint density at radius 2 is 1.84 bits per heavy atom. The van der Waals surface area contributed by atoms with Gasteiger partial charge in [0.15, 0.2) is 11.5 Å². The van der Waals surface area contributed by atoms with Crippen LogP contribution in [0.25, 0.3) is 5.69 Å². The number of aryl methyl sites for hydroxylation is 1. The van der Waals surface area contributed by atoms with Crippen LogP contribution in [-0.4, -0.2) is 40.8 Å². The number of nitrogens with zero attached hydrogens (tertiary/aromatic N) is 1. The van der Waals surface area contributed by atoms with Gasteiger partial charge in [0.25, 0.3) is 5.91 Å². The number of carbonyl (C=O) groups excluding carboxylic acids is 1. The summed E-state index contributed by atoms with van der Waals surface area (Å²) in [7, 11) is 0. The maximum Gasteiger partial charge on any atom is 0.325 e. The number of amides is 1. The Morgan fingerprint density at radius 1 is 1.16 bits per heavy atom. The summed E-state index contributed by atoms with van der Waals surface area (Å²) in [6, 6.07) is 6.40. The zero-order chi connectivity index (χ0) is 18.1. The number of hydrogen-bond donors (Lipinski definition) is 2. The smallest absolute Gasteiger partial charge is 0.325 e. The molecular formula is C18H20N2O5. The van der Waals surface area contributed by atoms with Gasteiger partial charge in [-0.2, -0.15) is 0 Å². The van der Waals surface area contributed by atoms with E-state index >= 15 is 0 Å². The van der Waals surface area contributed by atoms with Crippen LogP contribution in [0.4, 0.5) is 0 Å².